The van der Waals surface area contributed by atoms with E-state index in [1.165, 1.54) is 12.1 Å². The molecule has 0 aliphatic rings. The van der Waals surface area contributed by atoms with Crippen LogP contribution >= 0.6 is 11.6 Å². The quantitative estimate of drug-likeness (QED) is 0.550. The summed E-state index contributed by atoms with van der Waals surface area (Å²) >= 11 is 5.63. The Morgan fingerprint density at radius 2 is 1.83 bits per heavy atom. The van der Waals surface area contributed by atoms with Crippen molar-refractivity contribution in [3.05, 3.63) is 34.9 Å². The normalized spacial score (nSPS) is 9.42. The standard InChI is InChI=1S/C8H6ClNO2/c9-6-4-2-1-3-5(6)7(11)8(10)12/h1-4H,(H2,10,12). The van der Waals surface area contributed by atoms with E-state index in [1.54, 1.807) is 12.1 Å². The van der Waals surface area contributed by atoms with Crippen LogP contribution in [0, 0.1) is 0 Å². The lowest BCUT2D eigenvalue weighted by Gasteiger charge is -1.97. The Labute approximate surface area is 74.1 Å². The lowest BCUT2D eigenvalue weighted by Crippen LogP contribution is -2.23. The number of carbonyl (C=O) groups excluding carboxylic acids is 2. The molecule has 4 heteroatoms. The first-order valence-corrected chi connectivity index (χ1v) is 3.59. The highest BCUT2D eigenvalue weighted by atomic mass is 35.5. The Hall–Kier alpha value is -1.35. The number of ketones is 1. The molecule has 1 rings (SSSR count). The smallest absolute Gasteiger partial charge is 0.289 e. The van der Waals surface area contributed by atoms with Gasteiger partial charge in [-0.2, -0.15) is 0 Å². The van der Waals surface area contributed by atoms with Gasteiger partial charge in [0.25, 0.3) is 11.7 Å². The molecule has 1 amide bonds. The van der Waals surface area contributed by atoms with Gasteiger partial charge in [0.1, 0.15) is 0 Å². The number of nitrogens with two attached hydrogens (primary N) is 1. The summed E-state index contributed by atoms with van der Waals surface area (Å²) < 4.78 is 0. The predicted molar refractivity (Wildman–Crippen MR) is 45.0 cm³/mol. The van der Waals surface area contributed by atoms with Gasteiger partial charge >= 0.3 is 0 Å². The first kappa shape index (κ1) is 8.74. The topological polar surface area (TPSA) is 60.2 Å². The van der Waals surface area contributed by atoms with Crippen LogP contribution in [0.15, 0.2) is 24.3 Å². The van der Waals surface area contributed by atoms with Crippen LogP contribution in [0.5, 0.6) is 0 Å². The summed E-state index contributed by atoms with van der Waals surface area (Å²) in [6, 6.07) is 6.26. The Kier molecular flexibility index (Phi) is 2.45. The molecule has 0 fully saturated rings. The second kappa shape index (κ2) is 3.36. The van der Waals surface area contributed by atoms with E-state index in [-0.39, 0.29) is 10.6 Å². The molecule has 3 nitrogen and oxygen atoms in total. The van der Waals surface area contributed by atoms with Crippen LogP contribution in [0.4, 0.5) is 0 Å². The summed E-state index contributed by atoms with van der Waals surface area (Å²) in [6.07, 6.45) is 0. The molecule has 0 spiro atoms. The van der Waals surface area contributed by atoms with Gasteiger partial charge in [0.2, 0.25) is 0 Å². The van der Waals surface area contributed by atoms with Gasteiger partial charge in [-0.3, -0.25) is 9.59 Å². The molecule has 1 aromatic carbocycles. The molecule has 0 aliphatic carbocycles. The predicted octanol–water partition coefficient (Wildman–Crippen LogP) is 1.01. The summed E-state index contributed by atoms with van der Waals surface area (Å²) in [5.41, 5.74) is 4.93. The average molecular weight is 184 g/mol. The zero-order valence-electron chi connectivity index (χ0n) is 6.08. The molecule has 12 heavy (non-hydrogen) atoms. The van der Waals surface area contributed by atoms with E-state index < -0.39 is 11.7 Å². The maximum absolute atomic E-state index is 11.0. The van der Waals surface area contributed by atoms with Crippen molar-refractivity contribution in [3.63, 3.8) is 0 Å². The molecule has 0 atom stereocenters. The Balaban J connectivity index is 3.11. The molecule has 2 N–H and O–H groups in total. The highest BCUT2D eigenvalue weighted by Gasteiger charge is 2.14. The number of hydrogen-bond donors (Lipinski definition) is 1. The molecule has 1 aromatic rings. The van der Waals surface area contributed by atoms with Crippen molar-refractivity contribution in [2.75, 3.05) is 0 Å². The van der Waals surface area contributed by atoms with Gasteiger partial charge in [-0.1, -0.05) is 23.7 Å². The molecule has 0 aromatic heterocycles. The van der Waals surface area contributed by atoms with Gasteiger partial charge in [-0.15, -0.1) is 0 Å². The zero-order chi connectivity index (χ0) is 9.14. The fourth-order valence-corrected chi connectivity index (χ4v) is 1.000. The van der Waals surface area contributed by atoms with Crippen LogP contribution in [0.2, 0.25) is 5.02 Å². The molecule has 0 heterocycles. The largest absolute Gasteiger partial charge is 0.363 e. The fraction of sp³-hybridized carbons (Fsp3) is 0. The van der Waals surface area contributed by atoms with E-state index >= 15 is 0 Å². The van der Waals surface area contributed by atoms with E-state index in [4.69, 9.17) is 17.3 Å². The number of primary amides is 1. The lowest BCUT2D eigenvalue weighted by atomic mass is 10.1. The summed E-state index contributed by atoms with van der Waals surface area (Å²) in [4.78, 5) is 21.5. The van der Waals surface area contributed by atoms with Crippen LogP contribution in [0.25, 0.3) is 0 Å². The van der Waals surface area contributed by atoms with Crippen LogP contribution in [0.1, 0.15) is 10.4 Å². The number of rotatable bonds is 2. The monoisotopic (exact) mass is 183 g/mol. The summed E-state index contributed by atoms with van der Waals surface area (Å²) in [5, 5.41) is 0.237. The third-order valence-corrected chi connectivity index (χ3v) is 1.67. The molecule has 0 unspecified atom stereocenters. The minimum absolute atomic E-state index is 0.145. The Morgan fingerprint density at radius 1 is 1.25 bits per heavy atom. The van der Waals surface area contributed by atoms with E-state index in [2.05, 4.69) is 0 Å². The number of halogens is 1. The minimum atomic E-state index is -0.997. The van der Waals surface area contributed by atoms with Gasteiger partial charge in [0.05, 0.1) is 5.02 Å². The van der Waals surface area contributed by atoms with Crippen molar-refractivity contribution in [2.24, 2.45) is 5.73 Å². The fourth-order valence-electron chi connectivity index (χ4n) is 0.778. The summed E-state index contributed by atoms with van der Waals surface area (Å²) in [6.45, 7) is 0. The third kappa shape index (κ3) is 1.62. The Morgan fingerprint density at radius 3 is 2.33 bits per heavy atom. The van der Waals surface area contributed by atoms with Gasteiger partial charge in [-0.05, 0) is 12.1 Å². The number of benzene rings is 1. The lowest BCUT2D eigenvalue weighted by molar-refractivity contribution is -0.114. The van der Waals surface area contributed by atoms with Crippen molar-refractivity contribution in [1.82, 2.24) is 0 Å². The first-order valence-electron chi connectivity index (χ1n) is 3.21. The van der Waals surface area contributed by atoms with Crippen molar-refractivity contribution in [2.45, 2.75) is 0 Å². The third-order valence-electron chi connectivity index (χ3n) is 1.34. The van der Waals surface area contributed by atoms with Crippen LogP contribution < -0.4 is 5.73 Å². The molecule has 62 valence electrons. The van der Waals surface area contributed by atoms with Crippen molar-refractivity contribution in [3.8, 4) is 0 Å². The van der Waals surface area contributed by atoms with Gasteiger partial charge in [0, 0.05) is 5.56 Å². The van der Waals surface area contributed by atoms with Crippen molar-refractivity contribution in [1.29, 1.82) is 0 Å². The second-order valence-electron chi connectivity index (χ2n) is 2.17. The summed E-state index contributed by atoms with van der Waals surface area (Å²) in [5.74, 6) is -1.76. The van der Waals surface area contributed by atoms with E-state index in [0.29, 0.717) is 0 Å². The maximum Gasteiger partial charge on any atom is 0.289 e. The van der Waals surface area contributed by atoms with Crippen molar-refractivity contribution >= 4 is 23.3 Å². The van der Waals surface area contributed by atoms with E-state index in [1.807, 2.05) is 0 Å². The number of Topliss-reactive ketones (excluding diaryl/α,β-unsaturated/α-hetero) is 1. The van der Waals surface area contributed by atoms with Crippen molar-refractivity contribution < 1.29 is 9.59 Å². The minimum Gasteiger partial charge on any atom is -0.363 e. The SMILES string of the molecule is NC(=O)C(=O)c1ccccc1Cl. The zero-order valence-corrected chi connectivity index (χ0v) is 6.84. The Bertz CT molecular complexity index is 336. The molecular weight excluding hydrogens is 178 g/mol. The van der Waals surface area contributed by atoms with Gasteiger partial charge in [-0.25, -0.2) is 0 Å². The van der Waals surface area contributed by atoms with E-state index in [0.717, 1.165) is 0 Å². The highest BCUT2D eigenvalue weighted by Crippen LogP contribution is 2.14. The molecule has 0 bridgehead atoms. The van der Waals surface area contributed by atoms with Crippen LogP contribution in [-0.2, 0) is 4.79 Å². The number of carbonyl (C=O) groups is 2. The second-order valence-corrected chi connectivity index (χ2v) is 2.58. The molecule has 0 aliphatic heterocycles. The number of hydrogen-bond acceptors (Lipinski definition) is 2. The maximum atomic E-state index is 11.0. The molecule has 0 saturated carbocycles. The van der Waals surface area contributed by atoms with Crippen LogP contribution in [-0.4, -0.2) is 11.7 Å². The molecular formula is C8H6ClNO2. The first-order chi connectivity index (χ1) is 5.63. The van der Waals surface area contributed by atoms with Gasteiger partial charge in [0.15, 0.2) is 0 Å². The van der Waals surface area contributed by atoms with Crippen LogP contribution in [0.3, 0.4) is 0 Å². The highest BCUT2D eigenvalue weighted by molar-refractivity contribution is 6.46. The molecule has 0 saturated heterocycles. The average Bonchev–Trinajstić information content (AvgIpc) is 2.04. The van der Waals surface area contributed by atoms with E-state index in [9.17, 15) is 9.59 Å². The summed E-state index contributed by atoms with van der Waals surface area (Å²) in [7, 11) is 0. The number of amides is 1. The molecule has 0 radical (unpaired) electrons. The van der Waals surface area contributed by atoms with Gasteiger partial charge < -0.3 is 5.73 Å².